The van der Waals surface area contributed by atoms with Crippen LogP contribution in [0.1, 0.15) is 24.2 Å². The van der Waals surface area contributed by atoms with Crippen molar-refractivity contribution < 1.29 is 19.4 Å². The van der Waals surface area contributed by atoms with Crippen molar-refractivity contribution in [3.8, 4) is 22.6 Å². The van der Waals surface area contributed by atoms with Crippen molar-refractivity contribution in [3.63, 3.8) is 0 Å². The molecule has 0 aromatic heterocycles. The number of hydrogen-bond acceptors (Lipinski definition) is 3. The van der Waals surface area contributed by atoms with Gasteiger partial charge in [-0.1, -0.05) is 18.2 Å². The molecular formula is C17H18O4. The zero-order valence-corrected chi connectivity index (χ0v) is 12.1. The van der Waals surface area contributed by atoms with E-state index in [9.17, 15) is 4.79 Å². The van der Waals surface area contributed by atoms with Crippen LogP contribution in [0.25, 0.3) is 11.1 Å². The van der Waals surface area contributed by atoms with Crippen LogP contribution in [0, 0.1) is 0 Å². The second kappa shape index (κ2) is 6.79. The first-order chi connectivity index (χ1) is 10.2. The molecule has 0 bridgehead atoms. The lowest BCUT2D eigenvalue weighted by Crippen LogP contribution is -2.00. The Balaban J connectivity index is 2.51. The molecule has 0 atom stereocenters. The van der Waals surface area contributed by atoms with Crippen molar-refractivity contribution in [1.82, 2.24) is 0 Å². The second-order valence-electron chi connectivity index (χ2n) is 4.38. The third kappa shape index (κ3) is 3.34. The fourth-order valence-electron chi connectivity index (χ4n) is 2.13. The van der Waals surface area contributed by atoms with E-state index in [0.717, 1.165) is 22.6 Å². The summed E-state index contributed by atoms with van der Waals surface area (Å²) in [7, 11) is 0. The highest BCUT2D eigenvalue weighted by atomic mass is 16.5. The second-order valence-corrected chi connectivity index (χ2v) is 4.38. The Morgan fingerprint density at radius 1 is 0.952 bits per heavy atom. The van der Waals surface area contributed by atoms with Gasteiger partial charge in [0.05, 0.1) is 24.3 Å². The number of carbonyl (C=O) groups is 1. The van der Waals surface area contributed by atoms with Gasteiger partial charge in [-0.2, -0.15) is 0 Å². The third-order valence-corrected chi connectivity index (χ3v) is 3.01. The Bertz CT molecular complexity index is 593. The first-order valence-corrected chi connectivity index (χ1v) is 6.89. The lowest BCUT2D eigenvalue weighted by Gasteiger charge is -2.15. The smallest absolute Gasteiger partial charge is 0.335 e. The first kappa shape index (κ1) is 14.9. The fourth-order valence-corrected chi connectivity index (χ4v) is 2.13. The number of carboxylic acids is 1. The number of hydrogen-bond donors (Lipinski definition) is 1. The molecule has 0 aliphatic carbocycles. The summed E-state index contributed by atoms with van der Waals surface area (Å²) in [5.41, 5.74) is 1.97. The van der Waals surface area contributed by atoms with Gasteiger partial charge in [0.15, 0.2) is 0 Å². The monoisotopic (exact) mass is 286 g/mol. The van der Waals surface area contributed by atoms with E-state index >= 15 is 0 Å². The Hall–Kier alpha value is -2.49. The van der Waals surface area contributed by atoms with Gasteiger partial charge in [-0.3, -0.25) is 0 Å². The summed E-state index contributed by atoms with van der Waals surface area (Å²) in [6.45, 7) is 4.95. The van der Waals surface area contributed by atoms with Gasteiger partial charge in [0.2, 0.25) is 0 Å². The number of carboxylic acid groups (broad SMARTS) is 1. The van der Waals surface area contributed by atoms with Gasteiger partial charge in [-0.25, -0.2) is 4.79 Å². The number of benzene rings is 2. The maximum absolute atomic E-state index is 10.9. The minimum Gasteiger partial charge on any atom is -0.493 e. The van der Waals surface area contributed by atoms with E-state index in [0.29, 0.717) is 13.2 Å². The van der Waals surface area contributed by atoms with Crippen LogP contribution >= 0.6 is 0 Å². The van der Waals surface area contributed by atoms with E-state index in [2.05, 4.69) is 0 Å². The van der Waals surface area contributed by atoms with Crippen LogP contribution in [0.3, 0.4) is 0 Å². The minimum absolute atomic E-state index is 0.255. The highest BCUT2D eigenvalue weighted by molar-refractivity contribution is 5.89. The lowest BCUT2D eigenvalue weighted by molar-refractivity contribution is 0.0697. The van der Waals surface area contributed by atoms with Crippen molar-refractivity contribution in [2.24, 2.45) is 0 Å². The molecule has 4 nitrogen and oxygen atoms in total. The highest BCUT2D eigenvalue weighted by Gasteiger charge is 2.13. The summed E-state index contributed by atoms with van der Waals surface area (Å²) >= 11 is 0. The standard InChI is InChI=1S/C17H18O4/c1-3-20-14-6-5-7-15(21-4-2)16(14)12-8-10-13(11-9-12)17(18)19/h5-11H,3-4H2,1-2H3,(H,18,19). The maximum atomic E-state index is 10.9. The molecule has 21 heavy (non-hydrogen) atoms. The third-order valence-electron chi connectivity index (χ3n) is 3.01. The van der Waals surface area contributed by atoms with E-state index < -0.39 is 5.97 Å². The fraction of sp³-hybridized carbons (Fsp3) is 0.235. The molecule has 0 spiro atoms. The summed E-state index contributed by atoms with van der Waals surface area (Å²) in [6.07, 6.45) is 0. The van der Waals surface area contributed by atoms with E-state index in [1.807, 2.05) is 32.0 Å². The first-order valence-electron chi connectivity index (χ1n) is 6.89. The lowest BCUT2D eigenvalue weighted by atomic mass is 10.0. The molecule has 4 heteroatoms. The zero-order chi connectivity index (χ0) is 15.2. The van der Waals surface area contributed by atoms with Gasteiger partial charge < -0.3 is 14.6 Å². The van der Waals surface area contributed by atoms with Crippen LogP contribution in [0.2, 0.25) is 0 Å². The van der Waals surface area contributed by atoms with Crippen LogP contribution in [-0.2, 0) is 0 Å². The normalized spacial score (nSPS) is 10.2. The summed E-state index contributed by atoms with van der Waals surface area (Å²) in [5.74, 6) is 0.516. The molecule has 2 aromatic rings. The molecule has 1 N–H and O–H groups in total. The average Bonchev–Trinajstić information content (AvgIpc) is 2.48. The SMILES string of the molecule is CCOc1cccc(OCC)c1-c1ccc(C(=O)O)cc1. The van der Waals surface area contributed by atoms with Gasteiger partial charge in [0, 0.05) is 0 Å². The molecule has 0 amide bonds. The number of aromatic carboxylic acids is 1. The molecule has 0 aliphatic rings. The molecule has 0 aliphatic heterocycles. The topological polar surface area (TPSA) is 55.8 Å². The molecule has 2 rings (SSSR count). The molecule has 2 aromatic carbocycles. The molecule has 0 heterocycles. The molecule has 0 saturated carbocycles. The predicted molar refractivity (Wildman–Crippen MR) is 81.2 cm³/mol. The van der Waals surface area contributed by atoms with Crippen molar-refractivity contribution in [3.05, 3.63) is 48.0 Å². The molecular weight excluding hydrogens is 268 g/mol. The van der Waals surface area contributed by atoms with Crippen LogP contribution in [0.15, 0.2) is 42.5 Å². The van der Waals surface area contributed by atoms with Crippen LogP contribution in [-0.4, -0.2) is 24.3 Å². The van der Waals surface area contributed by atoms with Gasteiger partial charge in [-0.05, 0) is 43.7 Å². The van der Waals surface area contributed by atoms with Gasteiger partial charge in [-0.15, -0.1) is 0 Å². The molecule has 0 fully saturated rings. The van der Waals surface area contributed by atoms with Crippen LogP contribution in [0.5, 0.6) is 11.5 Å². The predicted octanol–water partition coefficient (Wildman–Crippen LogP) is 3.85. The molecule has 0 saturated heterocycles. The Kier molecular flexibility index (Phi) is 4.82. The van der Waals surface area contributed by atoms with Crippen LogP contribution < -0.4 is 9.47 Å². The van der Waals surface area contributed by atoms with Gasteiger partial charge in [0.25, 0.3) is 0 Å². The number of rotatable bonds is 6. The van der Waals surface area contributed by atoms with E-state index in [1.54, 1.807) is 24.3 Å². The maximum Gasteiger partial charge on any atom is 0.335 e. The Morgan fingerprint density at radius 2 is 1.48 bits per heavy atom. The highest BCUT2D eigenvalue weighted by Crippen LogP contribution is 2.38. The quantitative estimate of drug-likeness (QED) is 0.876. The molecule has 110 valence electrons. The van der Waals surface area contributed by atoms with Crippen LogP contribution in [0.4, 0.5) is 0 Å². The average molecular weight is 286 g/mol. The summed E-state index contributed by atoms with van der Waals surface area (Å²) < 4.78 is 11.3. The van der Waals surface area contributed by atoms with Crippen molar-refractivity contribution >= 4 is 5.97 Å². The Morgan fingerprint density at radius 3 is 1.90 bits per heavy atom. The van der Waals surface area contributed by atoms with E-state index in [1.165, 1.54) is 0 Å². The zero-order valence-electron chi connectivity index (χ0n) is 12.1. The number of ether oxygens (including phenoxy) is 2. The minimum atomic E-state index is -0.940. The summed E-state index contributed by atoms with van der Waals surface area (Å²) in [6, 6.07) is 12.3. The van der Waals surface area contributed by atoms with E-state index in [4.69, 9.17) is 14.6 Å². The summed E-state index contributed by atoms with van der Waals surface area (Å²) in [5, 5.41) is 8.97. The molecule has 0 unspecified atom stereocenters. The largest absolute Gasteiger partial charge is 0.493 e. The Labute approximate surface area is 123 Å². The van der Waals surface area contributed by atoms with E-state index in [-0.39, 0.29) is 5.56 Å². The van der Waals surface area contributed by atoms with Gasteiger partial charge >= 0.3 is 5.97 Å². The van der Waals surface area contributed by atoms with Crippen molar-refractivity contribution in [1.29, 1.82) is 0 Å². The van der Waals surface area contributed by atoms with Crippen molar-refractivity contribution in [2.45, 2.75) is 13.8 Å². The van der Waals surface area contributed by atoms with Crippen molar-refractivity contribution in [2.75, 3.05) is 13.2 Å². The molecule has 0 radical (unpaired) electrons. The van der Waals surface area contributed by atoms with Gasteiger partial charge in [0.1, 0.15) is 11.5 Å². The summed E-state index contributed by atoms with van der Waals surface area (Å²) in [4.78, 5) is 10.9.